The molecule has 2 aliphatic carbocycles. The Kier molecular flexibility index (Phi) is 9.65. The summed E-state index contributed by atoms with van der Waals surface area (Å²) in [6.07, 6.45) is 9.83. The van der Waals surface area contributed by atoms with Gasteiger partial charge in [0.25, 0.3) is 0 Å². The van der Waals surface area contributed by atoms with Crippen molar-refractivity contribution in [3.63, 3.8) is 0 Å². The molecular weight excluding hydrogens is 639 g/mol. The van der Waals surface area contributed by atoms with Crippen LogP contribution in [0.1, 0.15) is 85.8 Å². The number of nitrogens with zero attached hydrogens (tertiary/aromatic N) is 1. The molecule has 0 heterocycles. The monoisotopic (exact) mass is 687 g/mol. The van der Waals surface area contributed by atoms with Crippen LogP contribution in [-0.4, -0.2) is 6.04 Å². The van der Waals surface area contributed by atoms with Crippen LogP contribution in [0, 0.1) is 0 Å². The van der Waals surface area contributed by atoms with E-state index in [-0.39, 0.29) is 0 Å². The van der Waals surface area contributed by atoms with E-state index < -0.39 is 0 Å². The summed E-state index contributed by atoms with van der Waals surface area (Å²) in [5.74, 6) is 1.63. The van der Waals surface area contributed by atoms with Gasteiger partial charge in [0.2, 0.25) is 0 Å². The Morgan fingerprint density at radius 3 is 1.68 bits per heavy atom. The normalized spacial score (nSPS) is 20.2. The van der Waals surface area contributed by atoms with Gasteiger partial charge in [-0.1, -0.05) is 165 Å². The van der Waals surface area contributed by atoms with E-state index in [0.29, 0.717) is 23.8 Å². The van der Waals surface area contributed by atoms with Gasteiger partial charge in [0, 0.05) is 17.4 Å². The fourth-order valence-corrected chi connectivity index (χ4v) is 9.63. The van der Waals surface area contributed by atoms with Gasteiger partial charge < -0.3 is 4.90 Å². The van der Waals surface area contributed by atoms with Crippen molar-refractivity contribution >= 4 is 22.1 Å². The molecular formula is C52H49N. The zero-order chi connectivity index (χ0) is 35.4. The molecule has 0 saturated heterocycles. The highest BCUT2D eigenvalue weighted by atomic mass is 15.2. The lowest BCUT2D eigenvalue weighted by Crippen LogP contribution is -2.34. The van der Waals surface area contributed by atoms with E-state index in [1.54, 1.807) is 0 Å². The van der Waals surface area contributed by atoms with Crippen LogP contribution < -0.4 is 4.90 Å². The maximum atomic E-state index is 2.69. The van der Waals surface area contributed by atoms with E-state index in [4.69, 9.17) is 0 Å². The molecule has 0 amide bonds. The first-order valence-corrected chi connectivity index (χ1v) is 20.0. The van der Waals surface area contributed by atoms with Crippen molar-refractivity contribution in [1.82, 2.24) is 0 Å². The van der Waals surface area contributed by atoms with Gasteiger partial charge in [0.15, 0.2) is 0 Å². The smallest absolute Gasteiger partial charge is 0.0419 e. The summed E-state index contributed by atoms with van der Waals surface area (Å²) in [5, 5.41) is 2.68. The number of benzene rings is 7. The quantitative estimate of drug-likeness (QED) is 0.154. The van der Waals surface area contributed by atoms with Crippen LogP contribution in [0.3, 0.4) is 0 Å². The Morgan fingerprint density at radius 1 is 0.377 bits per heavy atom. The molecule has 2 saturated carbocycles. The predicted octanol–water partition coefficient (Wildman–Crippen LogP) is 14.5. The molecule has 2 aliphatic rings. The zero-order valence-corrected chi connectivity index (χ0v) is 30.7. The molecule has 1 unspecified atom stereocenters. The van der Waals surface area contributed by atoms with Crippen LogP contribution in [0.5, 0.6) is 0 Å². The van der Waals surface area contributed by atoms with Gasteiger partial charge in [-0.2, -0.15) is 0 Å². The molecule has 0 radical (unpaired) electrons. The van der Waals surface area contributed by atoms with Gasteiger partial charge in [0.05, 0.1) is 0 Å². The average Bonchev–Trinajstić information content (AvgIpc) is 3.25. The SMILES string of the molecule is c1ccc(-c2ccc(N(c3ccc(C4CCCC[C@@H]4c4ccc5ccccc5c4)c(-c4ccccc4)c3)C3CCC(c4ccccc4)CC3)cc2)cc1. The minimum Gasteiger partial charge on any atom is -0.338 e. The van der Waals surface area contributed by atoms with E-state index in [0.717, 1.165) is 0 Å². The molecule has 262 valence electrons. The summed E-state index contributed by atoms with van der Waals surface area (Å²) in [7, 11) is 0. The highest BCUT2D eigenvalue weighted by Gasteiger charge is 2.32. The van der Waals surface area contributed by atoms with Crippen molar-refractivity contribution in [2.45, 2.75) is 75.2 Å². The first kappa shape index (κ1) is 33.4. The Bertz CT molecular complexity index is 2250. The van der Waals surface area contributed by atoms with Crippen molar-refractivity contribution in [2.24, 2.45) is 0 Å². The Hall–Kier alpha value is -5.40. The van der Waals surface area contributed by atoms with Crippen LogP contribution in [-0.2, 0) is 0 Å². The van der Waals surface area contributed by atoms with Gasteiger partial charge in [0.1, 0.15) is 0 Å². The Morgan fingerprint density at radius 2 is 0.962 bits per heavy atom. The summed E-state index contributed by atoms with van der Waals surface area (Å²) < 4.78 is 0. The van der Waals surface area contributed by atoms with E-state index in [1.807, 2.05) is 0 Å². The van der Waals surface area contributed by atoms with Crippen LogP contribution in [0.2, 0.25) is 0 Å². The number of rotatable bonds is 8. The molecule has 7 aromatic carbocycles. The predicted molar refractivity (Wildman–Crippen MR) is 225 cm³/mol. The van der Waals surface area contributed by atoms with Gasteiger partial charge in [-0.05, 0) is 130 Å². The van der Waals surface area contributed by atoms with Crippen molar-refractivity contribution in [3.8, 4) is 22.3 Å². The second-order valence-corrected chi connectivity index (χ2v) is 15.4. The van der Waals surface area contributed by atoms with Gasteiger partial charge in [-0.3, -0.25) is 0 Å². The van der Waals surface area contributed by atoms with Crippen molar-refractivity contribution in [1.29, 1.82) is 0 Å². The van der Waals surface area contributed by atoms with Crippen molar-refractivity contribution in [2.75, 3.05) is 4.90 Å². The minimum absolute atomic E-state index is 0.437. The topological polar surface area (TPSA) is 3.24 Å². The minimum atomic E-state index is 0.437. The number of hydrogen-bond donors (Lipinski definition) is 0. The van der Waals surface area contributed by atoms with Gasteiger partial charge >= 0.3 is 0 Å². The lowest BCUT2D eigenvalue weighted by molar-refractivity contribution is 0.386. The zero-order valence-electron chi connectivity index (χ0n) is 30.7. The molecule has 0 N–H and O–H groups in total. The summed E-state index contributed by atoms with van der Waals surface area (Å²) in [5.41, 5.74) is 12.3. The third-order valence-electron chi connectivity index (χ3n) is 12.4. The summed E-state index contributed by atoms with van der Waals surface area (Å²) >= 11 is 0. The van der Waals surface area contributed by atoms with Crippen LogP contribution in [0.15, 0.2) is 176 Å². The number of anilines is 2. The molecule has 0 aliphatic heterocycles. The molecule has 1 heteroatoms. The van der Waals surface area contributed by atoms with Gasteiger partial charge in [-0.15, -0.1) is 0 Å². The summed E-state index contributed by atoms with van der Waals surface area (Å²) in [6.45, 7) is 0. The second-order valence-electron chi connectivity index (χ2n) is 15.4. The molecule has 2 fully saturated rings. The average molecular weight is 688 g/mol. The molecule has 0 spiro atoms. The molecule has 1 nitrogen and oxygen atoms in total. The molecule has 0 bridgehead atoms. The molecule has 9 rings (SSSR count). The van der Waals surface area contributed by atoms with Crippen LogP contribution in [0.25, 0.3) is 33.0 Å². The lowest BCUT2D eigenvalue weighted by atomic mass is 9.70. The summed E-state index contributed by atoms with van der Waals surface area (Å²) in [4.78, 5) is 2.69. The molecule has 7 aromatic rings. The largest absolute Gasteiger partial charge is 0.338 e. The van der Waals surface area contributed by atoms with Gasteiger partial charge in [-0.25, -0.2) is 0 Å². The Labute approximate surface area is 316 Å². The van der Waals surface area contributed by atoms with Crippen LogP contribution >= 0.6 is 0 Å². The standard InChI is InChI=1S/C52H49N/c1-4-14-38(15-5-1)41-26-30-46(31-27-41)53(47-32-28-42(29-33-47)39-16-6-2-7-17-39)48-34-35-51(52(37-48)43-19-8-3-9-20-43)50-23-13-12-22-49(50)45-25-24-40-18-10-11-21-44(40)36-45/h1-11,14-21,24-27,30-31,34-37,42,47,49-50H,12-13,22-23,28-29,32-33H2/t42?,47?,49-,50?/m1/s1. The van der Waals surface area contributed by atoms with Crippen molar-refractivity contribution < 1.29 is 0 Å². The highest BCUT2D eigenvalue weighted by molar-refractivity contribution is 5.83. The third kappa shape index (κ3) is 7.06. The van der Waals surface area contributed by atoms with Crippen LogP contribution in [0.4, 0.5) is 11.4 Å². The maximum Gasteiger partial charge on any atom is 0.0419 e. The third-order valence-corrected chi connectivity index (χ3v) is 12.4. The fraction of sp³-hybridized carbons (Fsp3) is 0.231. The molecule has 53 heavy (non-hydrogen) atoms. The first-order chi connectivity index (χ1) is 26.3. The lowest BCUT2D eigenvalue weighted by Gasteiger charge is -2.39. The first-order valence-electron chi connectivity index (χ1n) is 20.0. The van der Waals surface area contributed by atoms with E-state index in [1.165, 1.54) is 112 Å². The molecule has 2 atom stereocenters. The van der Waals surface area contributed by atoms with Crippen molar-refractivity contribution in [3.05, 3.63) is 193 Å². The number of fused-ring (bicyclic) bond motifs is 1. The van der Waals surface area contributed by atoms with E-state index in [9.17, 15) is 0 Å². The molecule has 0 aromatic heterocycles. The summed E-state index contributed by atoms with van der Waals surface area (Å²) in [6, 6.07) is 66.5. The van der Waals surface area contributed by atoms with E-state index >= 15 is 0 Å². The number of hydrogen-bond acceptors (Lipinski definition) is 1. The second kappa shape index (κ2) is 15.3. The Balaban J connectivity index is 1.11. The fourth-order valence-electron chi connectivity index (χ4n) is 9.63. The maximum absolute atomic E-state index is 2.69. The van der Waals surface area contributed by atoms with E-state index in [2.05, 4.69) is 181 Å². The highest BCUT2D eigenvalue weighted by Crippen LogP contribution is 2.49.